The van der Waals surface area contributed by atoms with E-state index in [9.17, 15) is 4.79 Å². The van der Waals surface area contributed by atoms with E-state index in [1.165, 1.54) is 5.69 Å². The molecule has 6 heteroatoms. The molecule has 140 valence electrons. The zero-order valence-electron chi connectivity index (χ0n) is 16.1. The van der Waals surface area contributed by atoms with Gasteiger partial charge in [0.15, 0.2) is 11.6 Å². The van der Waals surface area contributed by atoms with E-state index < -0.39 is 0 Å². The molecule has 1 amide bonds. The number of hydrogen-bond donors (Lipinski definition) is 2. The molecule has 2 N–H and O–H groups in total. The average molecular weight is 355 g/mol. The molecule has 0 saturated heterocycles. The van der Waals surface area contributed by atoms with Gasteiger partial charge >= 0.3 is 0 Å². The fourth-order valence-electron chi connectivity index (χ4n) is 2.85. The van der Waals surface area contributed by atoms with Crippen molar-refractivity contribution in [1.29, 1.82) is 0 Å². The second-order valence-electron chi connectivity index (χ2n) is 6.15. The summed E-state index contributed by atoms with van der Waals surface area (Å²) >= 11 is 0. The molecule has 26 heavy (non-hydrogen) atoms. The van der Waals surface area contributed by atoms with E-state index in [-0.39, 0.29) is 11.8 Å². The molecular weight excluding hydrogens is 326 g/mol. The molecule has 0 aliphatic rings. The molecule has 6 nitrogen and oxygen atoms in total. The summed E-state index contributed by atoms with van der Waals surface area (Å²) in [5.41, 5.74) is 2.15. The zero-order valence-corrected chi connectivity index (χ0v) is 16.1. The Labute approximate surface area is 156 Å². The summed E-state index contributed by atoms with van der Waals surface area (Å²) in [5.74, 6) is 1.13. The van der Waals surface area contributed by atoms with Crippen molar-refractivity contribution in [2.45, 2.75) is 40.5 Å². The lowest BCUT2D eigenvalue weighted by Crippen LogP contribution is -2.22. The number of nitrogens with zero attached hydrogens (tertiary/aromatic N) is 3. The van der Waals surface area contributed by atoms with Crippen molar-refractivity contribution < 1.29 is 4.79 Å². The molecule has 0 aliphatic heterocycles. The molecule has 0 bridgehead atoms. The van der Waals surface area contributed by atoms with E-state index in [0.29, 0.717) is 11.6 Å². The van der Waals surface area contributed by atoms with Crippen LogP contribution in [0.3, 0.4) is 0 Å². The summed E-state index contributed by atoms with van der Waals surface area (Å²) in [6.45, 7) is 10.3. The number of benzene rings is 1. The van der Waals surface area contributed by atoms with Crippen LogP contribution in [-0.2, 0) is 4.79 Å². The predicted molar refractivity (Wildman–Crippen MR) is 108 cm³/mol. The number of nitrogens with one attached hydrogen (secondary N) is 2. The van der Waals surface area contributed by atoms with Crippen LogP contribution < -0.4 is 15.5 Å². The first-order chi connectivity index (χ1) is 12.6. The first-order valence-corrected chi connectivity index (χ1v) is 9.37. The number of anilines is 4. The Bertz CT molecular complexity index is 676. The maximum absolute atomic E-state index is 12.1. The van der Waals surface area contributed by atoms with Crippen LogP contribution in [0.4, 0.5) is 23.0 Å². The maximum atomic E-state index is 12.1. The monoisotopic (exact) mass is 355 g/mol. The highest BCUT2D eigenvalue weighted by molar-refractivity contribution is 5.91. The Morgan fingerprint density at radius 2 is 1.50 bits per heavy atom. The summed E-state index contributed by atoms with van der Waals surface area (Å²) in [7, 11) is 0. The van der Waals surface area contributed by atoms with E-state index in [1.807, 2.05) is 32.0 Å². The molecule has 0 aliphatic carbocycles. The van der Waals surface area contributed by atoms with Gasteiger partial charge < -0.3 is 15.5 Å². The van der Waals surface area contributed by atoms with Gasteiger partial charge in [0.25, 0.3) is 0 Å². The van der Waals surface area contributed by atoms with Crippen LogP contribution in [0.1, 0.15) is 40.5 Å². The van der Waals surface area contributed by atoms with Gasteiger partial charge in [0.05, 0.1) is 0 Å². The minimum atomic E-state index is -0.00278. The smallest absolute Gasteiger partial charge is 0.228 e. The lowest BCUT2D eigenvalue weighted by molar-refractivity contribution is -0.120. The number of carbonyl (C=O) groups is 1. The highest BCUT2D eigenvalue weighted by Gasteiger charge is 2.14. The Balaban J connectivity index is 1.97. The number of amides is 1. The van der Waals surface area contributed by atoms with Crippen LogP contribution >= 0.6 is 0 Å². The minimum absolute atomic E-state index is 0.00278. The second kappa shape index (κ2) is 9.75. The van der Waals surface area contributed by atoms with Crippen molar-refractivity contribution in [3.8, 4) is 0 Å². The fourth-order valence-corrected chi connectivity index (χ4v) is 2.85. The van der Waals surface area contributed by atoms with Gasteiger partial charge in [-0.15, -0.1) is 10.2 Å². The fraction of sp³-hybridized carbons (Fsp3) is 0.450. The first-order valence-electron chi connectivity index (χ1n) is 9.37. The molecule has 0 unspecified atom stereocenters. The third-order valence-corrected chi connectivity index (χ3v) is 4.54. The summed E-state index contributed by atoms with van der Waals surface area (Å²) in [4.78, 5) is 14.4. The number of rotatable bonds is 9. The Morgan fingerprint density at radius 3 is 2.00 bits per heavy atom. The lowest BCUT2D eigenvalue weighted by atomic mass is 10.0. The van der Waals surface area contributed by atoms with Gasteiger partial charge in [0, 0.05) is 30.4 Å². The highest BCUT2D eigenvalue weighted by Crippen LogP contribution is 2.20. The summed E-state index contributed by atoms with van der Waals surface area (Å²) in [5, 5.41) is 14.3. The van der Waals surface area contributed by atoms with Crippen molar-refractivity contribution >= 4 is 28.9 Å². The summed E-state index contributed by atoms with van der Waals surface area (Å²) < 4.78 is 0. The van der Waals surface area contributed by atoms with Crippen LogP contribution in [0.25, 0.3) is 0 Å². The van der Waals surface area contributed by atoms with Crippen LogP contribution in [0.15, 0.2) is 36.4 Å². The molecule has 1 heterocycles. The number of aromatic nitrogens is 2. The third kappa shape index (κ3) is 5.18. The maximum Gasteiger partial charge on any atom is 0.228 e. The molecule has 1 aromatic carbocycles. The third-order valence-electron chi connectivity index (χ3n) is 4.54. The van der Waals surface area contributed by atoms with E-state index in [2.05, 4.69) is 51.7 Å². The zero-order chi connectivity index (χ0) is 18.9. The molecule has 2 rings (SSSR count). The van der Waals surface area contributed by atoms with Gasteiger partial charge in [0.2, 0.25) is 5.91 Å². The minimum Gasteiger partial charge on any atom is -0.372 e. The second-order valence-corrected chi connectivity index (χ2v) is 6.15. The van der Waals surface area contributed by atoms with Crippen molar-refractivity contribution in [3.63, 3.8) is 0 Å². The first kappa shape index (κ1) is 19.7. The Kier molecular flexibility index (Phi) is 7.38. The summed E-state index contributed by atoms with van der Waals surface area (Å²) in [6, 6.07) is 11.8. The van der Waals surface area contributed by atoms with Gasteiger partial charge in [0.1, 0.15) is 0 Å². The van der Waals surface area contributed by atoms with Gasteiger partial charge in [-0.1, -0.05) is 13.8 Å². The van der Waals surface area contributed by atoms with E-state index in [0.717, 1.165) is 31.6 Å². The average Bonchev–Trinajstić information content (AvgIpc) is 2.66. The van der Waals surface area contributed by atoms with E-state index in [4.69, 9.17) is 0 Å². The van der Waals surface area contributed by atoms with Gasteiger partial charge in [-0.05, 0) is 63.1 Å². The van der Waals surface area contributed by atoms with Crippen LogP contribution in [-0.4, -0.2) is 29.2 Å². The molecule has 0 fully saturated rings. The quantitative estimate of drug-likeness (QED) is 0.696. The van der Waals surface area contributed by atoms with Crippen LogP contribution in [0, 0.1) is 5.92 Å². The van der Waals surface area contributed by atoms with E-state index >= 15 is 0 Å². The molecule has 0 atom stereocenters. The molecular formula is C20H29N5O. The number of carbonyl (C=O) groups excluding carboxylic acids is 1. The molecule has 0 saturated carbocycles. The molecule has 0 radical (unpaired) electrons. The molecule has 1 aromatic heterocycles. The van der Waals surface area contributed by atoms with Crippen molar-refractivity contribution in [1.82, 2.24) is 10.2 Å². The Hall–Kier alpha value is -2.63. The highest BCUT2D eigenvalue weighted by atomic mass is 16.1. The van der Waals surface area contributed by atoms with Crippen molar-refractivity contribution in [2.75, 3.05) is 28.6 Å². The SMILES string of the molecule is CCC(CC)C(=O)Nc1ccc(Nc2ccc(N(CC)CC)cc2)nn1. The molecule has 2 aromatic rings. The van der Waals surface area contributed by atoms with Gasteiger partial charge in [-0.25, -0.2) is 0 Å². The Morgan fingerprint density at radius 1 is 0.923 bits per heavy atom. The topological polar surface area (TPSA) is 70.2 Å². The summed E-state index contributed by atoms with van der Waals surface area (Å²) in [6.07, 6.45) is 1.64. The van der Waals surface area contributed by atoms with Crippen molar-refractivity contribution in [3.05, 3.63) is 36.4 Å². The van der Waals surface area contributed by atoms with Gasteiger partial charge in [-0.3, -0.25) is 4.79 Å². The lowest BCUT2D eigenvalue weighted by Gasteiger charge is -2.21. The number of hydrogen-bond acceptors (Lipinski definition) is 5. The predicted octanol–water partition coefficient (Wildman–Crippen LogP) is 4.44. The largest absolute Gasteiger partial charge is 0.372 e. The van der Waals surface area contributed by atoms with E-state index in [1.54, 1.807) is 6.07 Å². The van der Waals surface area contributed by atoms with Crippen LogP contribution in [0.2, 0.25) is 0 Å². The van der Waals surface area contributed by atoms with Crippen molar-refractivity contribution in [2.24, 2.45) is 5.92 Å². The normalized spacial score (nSPS) is 10.7. The standard InChI is InChI=1S/C20H29N5O/c1-5-15(6-2)20(26)22-19-14-13-18(23-24-19)21-16-9-11-17(12-10-16)25(7-3)8-4/h9-15H,5-8H2,1-4H3,(H,21,23)(H,22,24,26). The van der Waals surface area contributed by atoms with Crippen LogP contribution in [0.5, 0.6) is 0 Å². The van der Waals surface area contributed by atoms with Gasteiger partial charge in [-0.2, -0.15) is 0 Å². The molecule has 0 spiro atoms.